The van der Waals surface area contributed by atoms with Crippen molar-refractivity contribution < 1.29 is 31.7 Å². The molecule has 0 spiro atoms. The second kappa shape index (κ2) is 7.85. The fourth-order valence-electron chi connectivity index (χ4n) is 2.63. The maximum absolute atomic E-state index is 11.7. The number of rotatable bonds is 4. The summed E-state index contributed by atoms with van der Waals surface area (Å²) in [5.74, 6) is 0.425. The number of hydrogen-bond acceptors (Lipinski definition) is 4. The fourth-order valence-corrected chi connectivity index (χ4v) is 2.63. The van der Waals surface area contributed by atoms with Crippen LogP contribution in [0.2, 0.25) is 0 Å². The average molecular weight is 359 g/mol. The molecule has 5 nitrogen and oxygen atoms in total. The Balaban J connectivity index is 0.00000225. The van der Waals surface area contributed by atoms with E-state index in [0.29, 0.717) is 5.56 Å². The van der Waals surface area contributed by atoms with Crippen LogP contribution in [0.3, 0.4) is 0 Å². The van der Waals surface area contributed by atoms with Gasteiger partial charge in [-0.15, -0.1) is 0 Å². The number of carbonyl (C=O) groups excluding carboxylic acids is 1. The van der Waals surface area contributed by atoms with Crippen LogP contribution in [0.1, 0.15) is 16.1 Å². The number of carbonyl (C=O) groups is 1. The largest absolute Gasteiger partial charge is 1.00 e. The number of fused-ring (bicyclic) bond motifs is 1. The van der Waals surface area contributed by atoms with E-state index in [2.05, 4.69) is 10.3 Å². The number of pyridine rings is 1. The standard InChI is InChI=1S/C19H18N2O3.ClH/c1-12-9-18(16-11-15(23-2)7-8-17(16)20-12)21-14-6-4-5-13(10-14)19(22)24-3;/h4-11H,1-3H3,(H,20,21);1H. The zero-order chi connectivity index (χ0) is 17.1. The molecule has 2 aromatic carbocycles. The van der Waals surface area contributed by atoms with Crippen LogP contribution in [0.4, 0.5) is 11.4 Å². The van der Waals surface area contributed by atoms with Gasteiger partial charge in [-0.2, -0.15) is 0 Å². The van der Waals surface area contributed by atoms with Crippen molar-refractivity contribution in [2.45, 2.75) is 6.92 Å². The van der Waals surface area contributed by atoms with E-state index in [0.717, 1.165) is 33.7 Å². The molecule has 6 heteroatoms. The summed E-state index contributed by atoms with van der Waals surface area (Å²) in [4.78, 5) is 15.0. The van der Waals surface area contributed by atoms with Crippen molar-refractivity contribution in [2.75, 3.05) is 19.5 Å². The van der Waals surface area contributed by atoms with E-state index < -0.39 is 0 Å². The smallest absolute Gasteiger partial charge is 0.337 e. The van der Waals surface area contributed by atoms with E-state index in [1.54, 1.807) is 19.2 Å². The van der Waals surface area contributed by atoms with E-state index in [-0.39, 0.29) is 18.4 Å². The summed E-state index contributed by atoms with van der Waals surface area (Å²) >= 11 is 0. The lowest BCUT2D eigenvalue weighted by Crippen LogP contribution is -3.00. The summed E-state index contributed by atoms with van der Waals surface area (Å²) in [6.07, 6.45) is 0. The minimum absolute atomic E-state index is 0. The van der Waals surface area contributed by atoms with Crippen molar-refractivity contribution in [3.05, 3.63) is 59.8 Å². The van der Waals surface area contributed by atoms with Crippen LogP contribution in [0.15, 0.2) is 48.5 Å². The van der Waals surface area contributed by atoms with Gasteiger partial charge >= 0.3 is 5.97 Å². The van der Waals surface area contributed by atoms with Crippen molar-refractivity contribution in [1.29, 1.82) is 0 Å². The Bertz CT molecular complexity index is 912. The predicted octanol–water partition coefficient (Wildman–Crippen LogP) is 0.505. The summed E-state index contributed by atoms with van der Waals surface area (Å²) in [5, 5.41) is 4.38. The van der Waals surface area contributed by atoms with Crippen molar-refractivity contribution in [1.82, 2.24) is 0 Å². The lowest BCUT2D eigenvalue weighted by Gasteiger charge is -2.10. The van der Waals surface area contributed by atoms with E-state index in [1.807, 2.05) is 43.3 Å². The molecular weight excluding hydrogens is 340 g/mol. The van der Waals surface area contributed by atoms with E-state index in [9.17, 15) is 4.79 Å². The number of halogens is 1. The maximum atomic E-state index is 11.7. The van der Waals surface area contributed by atoms with Gasteiger partial charge in [0.05, 0.1) is 30.9 Å². The number of hydrogen-bond donors (Lipinski definition) is 1. The summed E-state index contributed by atoms with van der Waals surface area (Å²) in [7, 11) is 3.02. The second-order valence-electron chi connectivity index (χ2n) is 5.47. The summed E-state index contributed by atoms with van der Waals surface area (Å²) < 4.78 is 10.1. The van der Waals surface area contributed by atoms with E-state index in [4.69, 9.17) is 9.47 Å². The summed E-state index contributed by atoms with van der Waals surface area (Å²) in [6.45, 7) is 2.00. The number of benzene rings is 2. The van der Waals surface area contributed by atoms with Crippen LogP contribution in [-0.4, -0.2) is 20.2 Å². The van der Waals surface area contributed by atoms with Gasteiger partial charge in [0.2, 0.25) is 5.52 Å². The normalized spacial score (nSPS) is 10.0. The molecule has 0 bridgehead atoms. The molecule has 0 atom stereocenters. The first-order valence-corrected chi connectivity index (χ1v) is 7.57. The molecule has 0 aliphatic heterocycles. The number of aromatic nitrogens is 1. The second-order valence-corrected chi connectivity index (χ2v) is 5.47. The number of nitrogens with one attached hydrogen (secondary N) is 2. The van der Waals surface area contributed by atoms with Gasteiger partial charge in [-0.25, -0.2) is 9.78 Å². The highest BCUT2D eigenvalue weighted by molar-refractivity contribution is 5.94. The summed E-state index contributed by atoms with van der Waals surface area (Å²) in [6, 6.07) is 15.1. The topological polar surface area (TPSA) is 61.7 Å². The molecule has 3 rings (SSSR count). The fraction of sp³-hybridized carbons (Fsp3) is 0.158. The van der Waals surface area contributed by atoms with Crippen molar-refractivity contribution >= 4 is 28.2 Å². The molecule has 0 aliphatic rings. The lowest BCUT2D eigenvalue weighted by atomic mass is 10.1. The number of anilines is 2. The lowest BCUT2D eigenvalue weighted by molar-refractivity contribution is -0.354. The molecular formula is C19H19ClN2O3. The van der Waals surface area contributed by atoms with Crippen molar-refractivity contribution in [3.8, 4) is 5.75 Å². The molecule has 0 unspecified atom stereocenters. The number of methoxy groups -OCH3 is 2. The third kappa shape index (κ3) is 4.00. The van der Waals surface area contributed by atoms with Crippen LogP contribution in [0, 0.1) is 6.92 Å². The Labute approximate surface area is 152 Å². The van der Waals surface area contributed by atoms with Gasteiger partial charge in [-0.3, -0.25) is 0 Å². The highest BCUT2D eigenvalue weighted by atomic mass is 35.5. The molecule has 2 N–H and O–H groups in total. The van der Waals surface area contributed by atoms with Gasteiger partial charge < -0.3 is 27.2 Å². The summed E-state index contributed by atoms with van der Waals surface area (Å²) in [5.41, 5.74) is 4.28. The van der Waals surface area contributed by atoms with Crippen LogP contribution >= 0.6 is 0 Å². The zero-order valence-corrected chi connectivity index (χ0v) is 15.0. The van der Waals surface area contributed by atoms with E-state index in [1.165, 1.54) is 7.11 Å². The average Bonchev–Trinajstić information content (AvgIpc) is 2.61. The molecule has 0 saturated carbocycles. The molecule has 1 aromatic heterocycles. The van der Waals surface area contributed by atoms with Gasteiger partial charge in [0.1, 0.15) is 5.75 Å². The number of aromatic amines is 1. The first kappa shape index (κ1) is 18.5. The van der Waals surface area contributed by atoms with Crippen molar-refractivity contribution in [3.63, 3.8) is 0 Å². The van der Waals surface area contributed by atoms with Crippen LogP contribution < -0.4 is 27.4 Å². The number of aryl methyl sites for hydroxylation is 1. The van der Waals surface area contributed by atoms with Crippen LogP contribution in [-0.2, 0) is 4.74 Å². The predicted molar refractivity (Wildman–Crippen MR) is 92.9 cm³/mol. The van der Waals surface area contributed by atoms with Gasteiger partial charge in [0.25, 0.3) is 0 Å². The minimum Gasteiger partial charge on any atom is -1.00 e. The minimum atomic E-state index is -0.359. The van der Waals surface area contributed by atoms with Crippen molar-refractivity contribution in [2.24, 2.45) is 0 Å². The molecule has 130 valence electrons. The first-order valence-electron chi connectivity index (χ1n) is 7.57. The number of ether oxygens (including phenoxy) is 2. The maximum Gasteiger partial charge on any atom is 0.337 e. The van der Waals surface area contributed by atoms with Gasteiger partial charge in [0, 0.05) is 24.7 Å². The Morgan fingerprint density at radius 2 is 1.88 bits per heavy atom. The molecule has 0 aliphatic carbocycles. The Kier molecular flexibility index (Phi) is 5.83. The zero-order valence-electron chi connectivity index (χ0n) is 14.2. The van der Waals surface area contributed by atoms with E-state index >= 15 is 0 Å². The number of esters is 1. The quantitative estimate of drug-likeness (QED) is 0.690. The van der Waals surface area contributed by atoms with Gasteiger partial charge in [-0.1, -0.05) is 6.07 Å². The van der Waals surface area contributed by atoms with Gasteiger partial charge in [-0.05, 0) is 30.3 Å². The molecule has 1 heterocycles. The molecule has 0 radical (unpaired) electrons. The highest BCUT2D eigenvalue weighted by Gasteiger charge is 2.12. The Morgan fingerprint density at radius 1 is 1.08 bits per heavy atom. The number of H-pyrrole nitrogens is 1. The molecule has 25 heavy (non-hydrogen) atoms. The molecule has 0 amide bonds. The van der Waals surface area contributed by atoms with Crippen LogP contribution in [0.5, 0.6) is 5.75 Å². The molecule has 3 aromatic rings. The highest BCUT2D eigenvalue weighted by Crippen LogP contribution is 2.28. The SMILES string of the molecule is COC(=O)c1cccc(Nc2cc(C)[nH+]c3ccc(OC)cc23)c1.[Cl-]. The first-order chi connectivity index (χ1) is 11.6. The van der Waals surface area contributed by atoms with Crippen LogP contribution in [0.25, 0.3) is 10.9 Å². The molecule has 0 saturated heterocycles. The third-order valence-electron chi connectivity index (χ3n) is 3.77. The molecule has 0 fully saturated rings. The Morgan fingerprint density at radius 3 is 2.60 bits per heavy atom. The Hall–Kier alpha value is -2.79. The monoisotopic (exact) mass is 358 g/mol. The third-order valence-corrected chi connectivity index (χ3v) is 3.77. The van der Waals surface area contributed by atoms with Gasteiger partial charge in [0.15, 0.2) is 5.69 Å².